The summed E-state index contributed by atoms with van der Waals surface area (Å²) in [6, 6.07) is 2.45. The van der Waals surface area contributed by atoms with Gasteiger partial charge >= 0.3 is 6.03 Å². The minimum absolute atomic E-state index is 0.0198. The molecule has 1 saturated carbocycles. The van der Waals surface area contributed by atoms with Crippen molar-refractivity contribution in [1.29, 1.82) is 0 Å². The van der Waals surface area contributed by atoms with Crippen molar-refractivity contribution in [2.24, 2.45) is 0 Å². The number of carbonyl (C=O) groups is 1. The fourth-order valence-electron chi connectivity index (χ4n) is 4.24. The Hall–Kier alpha value is -3.18. The molecule has 0 spiro atoms. The zero-order chi connectivity index (χ0) is 23.5. The van der Waals surface area contributed by atoms with Crippen LogP contribution < -0.4 is 24.6 Å². The third-order valence-electron chi connectivity index (χ3n) is 5.97. The highest BCUT2D eigenvalue weighted by atomic mass is 19.1. The molecule has 0 radical (unpaired) electrons. The smallest absolute Gasteiger partial charge is 0.330 e. The summed E-state index contributed by atoms with van der Waals surface area (Å²) in [7, 11) is 2.82. The highest BCUT2D eigenvalue weighted by Gasteiger charge is 2.39. The van der Waals surface area contributed by atoms with E-state index in [0.29, 0.717) is 17.1 Å². The van der Waals surface area contributed by atoms with Crippen molar-refractivity contribution < 1.29 is 28.9 Å². The number of hydrogen-bond donors (Lipinski definition) is 3. The number of aromatic nitrogens is 2. The Bertz CT molecular complexity index is 1020. The number of nitrogens with zero attached hydrogens (tertiary/aromatic N) is 4. The number of urea groups is 1. The highest BCUT2D eigenvalue weighted by molar-refractivity contribution is 6.06. The average Bonchev–Trinajstić information content (AvgIpc) is 3.36. The number of fused-ring (bicyclic) bond motifs is 1. The maximum Gasteiger partial charge on any atom is 0.330 e. The molecule has 1 fully saturated rings. The summed E-state index contributed by atoms with van der Waals surface area (Å²) in [5, 5.41) is 21.5. The van der Waals surface area contributed by atoms with Gasteiger partial charge < -0.3 is 25.0 Å². The van der Waals surface area contributed by atoms with E-state index in [1.807, 2.05) is 0 Å². The van der Waals surface area contributed by atoms with Gasteiger partial charge in [-0.15, -0.1) is 0 Å². The summed E-state index contributed by atoms with van der Waals surface area (Å²) in [6.07, 6.45) is 4.25. The third kappa shape index (κ3) is 4.51. The molecule has 2 amide bonds. The molecule has 3 N–H and O–H groups in total. The molecule has 2 heterocycles. The Balaban J connectivity index is 1.74. The number of aliphatic hydroxyl groups is 2. The first-order valence-electron chi connectivity index (χ1n) is 10.9. The molecule has 1 aromatic heterocycles. The maximum absolute atomic E-state index is 15.2. The summed E-state index contributed by atoms with van der Waals surface area (Å²) in [5.41, 5.74) is 0.717. The summed E-state index contributed by atoms with van der Waals surface area (Å²) in [4.78, 5) is 25.5. The molecule has 0 saturated heterocycles. The number of anilines is 3. The van der Waals surface area contributed by atoms with Crippen molar-refractivity contribution in [3.8, 4) is 11.5 Å². The quantitative estimate of drug-likeness (QED) is 0.548. The number of aliphatic hydroxyl groups excluding tert-OH is 2. The van der Waals surface area contributed by atoms with Crippen LogP contribution in [0.5, 0.6) is 11.5 Å². The lowest BCUT2D eigenvalue weighted by Crippen LogP contribution is -2.52. The molecule has 4 rings (SSSR count). The van der Waals surface area contributed by atoms with Crippen LogP contribution in [0.25, 0.3) is 0 Å². The van der Waals surface area contributed by atoms with Crippen LogP contribution in [0.2, 0.25) is 0 Å². The molecule has 33 heavy (non-hydrogen) atoms. The predicted octanol–water partition coefficient (Wildman–Crippen LogP) is 2.29. The zero-order valence-electron chi connectivity index (χ0n) is 18.6. The van der Waals surface area contributed by atoms with Crippen LogP contribution in [-0.4, -0.2) is 65.7 Å². The van der Waals surface area contributed by atoms with Crippen molar-refractivity contribution in [3.05, 3.63) is 29.7 Å². The Morgan fingerprint density at radius 2 is 2.03 bits per heavy atom. The number of rotatable bonds is 8. The van der Waals surface area contributed by atoms with Gasteiger partial charge in [-0.2, -0.15) is 4.98 Å². The number of hydrogen-bond acceptors (Lipinski definition) is 8. The summed E-state index contributed by atoms with van der Waals surface area (Å²) in [6.45, 7) is -0.257. The Morgan fingerprint density at radius 1 is 1.27 bits per heavy atom. The van der Waals surface area contributed by atoms with Gasteiger partial charge in [0.1, 0.15) is 11.6 Å². The van der Waals surface area contributed by atoms with Crippen LogP contribution in [0.4, 0.5) is 26.6 Å². The topological polar surface area (TPSA) is 120 Å². The van der Waals surface area contributed by atoms with Crippen LogP contribution in [0, 0.1) is 5.82 Å². The Kier molecular flexibility index (Phi) is 6.80. The van der Waals surface area contributed by atoms with Gasteiger partial charge in [-0.3, -0.25) is 9.80 Å². The molecule has 2 aliphatic rings. The predicted molar refractivity (Wildman–Crippen MR) is 119 cm³/mol. The van der Waals surface area contributed by atoms with E-state index < -0.39 is 18.5 Å². The van der Waals surface area contributed by atoms with Gasteiger partial charge in [0.25, 0.3) is 0 Å². The standard InChI is InChI=1S/C22H28FN5O5/c1-32-16-7-17(19(23)18(8-16)33-2)27-11-13-9-24-21(25-10-15(30)12-29)26-20(13)28(22(27)31)14-5-3-4-6-14/h7-9,14-15,29-30H,3-6,10-12H2,1-2H3,(H,24,25,26)/t15-/m0/s1. The largest absolute Gasteiger partial charge is 0.497 e. The van der Waals surface area contributed by atoms with Crippen molar-refractivity contribution >= 4 is 23.5 Å². The number of amides is 2. The summed E-state index contributed by atoms with van der Waals surface area (Å²) < 4.78 is 25.6. The second kappa shape index (κ2) is 9.75. The number of halogens is 1. The molecule has 0 unspecified atom stereocenters. The molecule has 11 heteroatoms. The van der Waals surface area contributed by atoms with E-state index in [1.54, 1.807) is 11.1 Å². The lowest BCUT2D eigenvalue weighted by Gasteiger charge is -2.39. The molecule has 1 aromatic carbocycles. The summed E-state index contributed by atoms with van der Waals surface area (Å²) in [5.74, 6) is 0.397. The lowest BCUT2D eigenvalue weighted by molar-refractivity contribution is 0.105. The van der Waals surface area contributed by atoms with Crippen LogP contribution in [-0.2, 0) is 6.54 Å². The number of nitrogens with one attached hydrogen (secondary N) is 1. The van der Waals surface area contributed by atoms with Crippen LogP contribution in [0.15, 0.2) is 18.3 Å². The SMILES string of the molecule is COc1cc(OC)c(F)c(N2Cc3cnc(NC[C@H](O)CO)nc3N(C3CCCC3)C2=O)c1. The molecule has 1 aliphatic heterocycles. The van der Waals surface area contributed by atoms with E-state index in [-0.39, 0.29) is 42.5 Å². The van der Waals surface area contributed by atoms with Gasteiger partial charge in [0.05, 0.1) is 39.2 Å². The van der Waals surface area contributed by atoms with Gasteiger partial charge in [0.15, 0.2) is 11.6 Å². The summed E-state index contributed by atoms with van der Waals surface area (Å²) >= 11 is 0. The first kappa shape index (κ1) is 23.0. The molecular weight excluding hydrogens is 433 g/mol. The monoisotopic (exact) mass is 461 g/mol. The van der Waals surface area contributed by atoms with E-state index in [9.17, 15) is 9.90 Å². The van der Waals surface area contributed by atoms with E-state index in [4.69, 9.17) is 14.6 Å². The maximum atomic E-state index is 15.2. The molecular formula is C22H28FN5O5. The van der Waals surface area contributed by atoms with Crippen LogP contribution in [0.3, 0.4) is 0 Å². The van der Waals surface area contributed by atoms with E-state index in [0.717, 1.165) is 25.7 Å². The van der Waals surface area contributed by atoms with Gasteiger partial charge in [-0.1, -0.05) is 12.8 Å². The fraction of sp³-hybridized carbons (Fsp3) is 0.500. The number of benzene rings is 1. The van der Waals surface area contributed by atoms with Crippen LogP contribution in [0.1, 0.15) is 31.2 Å². The second-order valence-corrected chi connectivity index (χ2v) is 8.10. The molecule has 10 nitrogen and oxygen atoms in total. The van der Waals surface area contributed by atoms with Crippen LogP contribution >= 0.6 is 0 Å². The number of methoxy groups -OCH3 is 2. The Labute approximate surface area is 191 Å². The van der Waals surface area contributed by atoms with E-state index in [2.05, 4.69) is 15.3 Å². The lowest BCUT2D eigenvalue weighted by atomic mass is 10.1. The second-order valence-electron chi connectivity index (χ2n) is 8.10. The van der Waals surface area contributed by atoms with Crippen molar-refractivity contribution in [1.82, 2.24) is 9.97 Å². The molecule has 1 atom stereocenters. The van der Waals surface area contributed by atoms with Gasteiger partial charge in [0, 0.05) is 36.5 Å². The van der Waals surface area contributed by atoms with Gasteiger partial charge in [-0.05, 0) is 12.8 Å². The highest BCUT2D eigenvalue weighted by Crippen LogP contribution is 2.40. The zero-order valence-corrected chi connectivity index (χ0v) is 18.6. The molecule has 1 aliphatic carbocycles. The van der Waals surface area contributed by atoms with Crippen molar-refractivity contribution in [2.45, 2.75) is 44.4 Å². The molecule has 178 valence electrons. The van der Waals surface area contributed by atoms with Gasteiger partial charge in [0.2, 0.25) is 5.95 Å². The fourth-order valence-corrected chi connectivity index (χ4v) is 4.24. The van der Waals surface area contributed by atoms with E-state index >= 15 is 4.39 Å². The first-order chi connectivity index (χ1) is 16.0. The van der Waals surface area contributed by atoms with Gasteiger partial charge in [-0.25, -0.2) is 14.2 Å². The van der Waals surface area contributed by atoms with Crippen molar-refractivity contribution in [2.75, 3.05) is 42.5 Å². The first-order valence-corrected chi connectivity index (χ1v) is 10.9. The average molecular weight is 461 g/mol. The van der Waals surface area contributed by atoms with Crippen molar-refractivity contribution in [3.63, 3.8) is 0 Å². The van der Waals surface area contributed by atoms with E-state index in [1.165, 1.54) is 31.3 Å². The minimum Gasteiger partial charge on any atom is -0.497 e. The molecule has 0 bridgehead atoms. The molecule has 2 aromatic rings. The number of ether oxygens (including phenoxy) is 2. The third-order valence-corrected chi connectivity index (χ3v) is 5.97. The minimum atomic E-state index is -0.960. The number of carbonyl (C=O) groups excluding carboxylic acids is 1. The normalized spacial score (nSPS) is 17.2. The Morgan fingerprint density at radius 3 is 2.70 bits per heavy atom.